The molecule has 9 aromatic rings. The molecule has 0 aliphatic heterocycles. The highest BCUT2D eigenvalue weighted by Gasteiger charge is 2.43. The minimum Gasteiger partial charge on any atom is -0.310 e. The molecule has 2 nitrogen and oxygen atoms in total. The summed E-state index contributed by atoms with van der Waals surface area (Å²) < 4.78 is 0. The Labute approximate surface area is 443 Å². The second-order valence-corrected chi connectivity index (χ2v) is 26.8. The number of anilines is 6. The molecule has 0 amide bonds. The van der Waals surface area contributed by atoms with E-state index in [1.807, 2.05) is 0 Å². The molecule has 0 radical (unpaired) electrons. The maximum atomic E-state index is 2.56. The second-order valence-electron chi connectivity index (χ2n) is 26.8. The molecule has 0 N–H and O–H groups in total. The van der Waals surface area contributed by atoms with Gasteiger partial charge >= 0.3 is 0 Å². The predicted octanol–water partition coefficient (Wildman–Crippen LogP) is 20.7. The molecule has 0 saturated heterocycles. The Morgan fingerprint density at radius 2 is 0.527 bits per heavy atom. The summed E-state index contributed by atoms with van der Waals surface area (Å²) >= 11 is 0. The first kappa shape index (κ1) is 49.3. The largest absolute Gasteiger partial charge is 0.310 e. The van der Waals surface area contributed by atoms with Crippen LogP contribution in [0, 0.1) is 0 Å². The van der Waals surface area contributed by atoms with E-state index in [-0.39, 0.29) is 32.5 Å². The Balaban J connectivity index is 0.973. The van der Waals surface area contributed by atoms with E-state index >= 15 is 0 Å². The molecular formula is C72H76N2. The first-order chi connectivity index (χ1) is 34.7. The number of benzene rings is 9. The third-order valence-electron chi connectivity index (χ3n) is 16.8. The average molecular weight is 969 g/mol. The summed E-state index contributed by atoms with van der Waals surface area (Å²) in [5.74, 6) is 0. The number of rotatable bonds is 6. The maximum absolute atomic E-state index is 2.56. The smallest absolute Gasteiger partial charge is 0.0468 e. The normalized spacial score (nSPS) is 14.7. The van der Waals surface area contributed by atoms with Gasteiger partial charge in [-0.25, -0.2) is 0 Å². The maximum Gasteiger partial charge on any atom is 0.0468 e. The van der Waals surface area contributed by atoms with Crippen LogP contribution < -0.4 is 9.80 Å². The highest BCUT2D eigenvalue weighted by Crippen LogP contribution is 2.59. The van der Waals surface area contributed by atoms with Crippen molar-refractivity contribution in [3.05, 3.63) is 214 Å². The molecule has 0 unspecified atom stereocenters. The van der Waals surface area contributed by atoms with E-state index in [2.05, 4.69) is 290 Å². The van der Waals surface area contributed by atoms with Crippen molar-refractivity contribution >= 4 is 55.7 Å². The number of hydrogen-bond acceptors (Lipinski definition) is 2. The topological polar surface area (TPSA) is 6.48 Å². The van der Waals surface area contributed by atoms with E-state index < -0.39 is 0 Å². The molecule has 0 spiro atoms. The lowest BCUT2D eigenvalue weighted by atomic mass is 9.78. The van der Waals surface area contributed by atoms with Gasteiger partial charge < -0.3 is 9.80 Å². The molecule has 0 fully saturated rings. The number of fused-ring (bicyclic) bond motifs is 10. The van der Waals surface area contributed by atoms with Gasteiger partial charge in [0.1, 0.15) is 0 Å². The van der Waals surface area contributed by atoms with Crippen LogP contribution in [0.4, 0.5) is 34.1 Å². The van der Waals surface area contributed by atoms with Gasteiger partial charge in [0, 0.05) is 45.0 Å². The highest BCUT2D eigenvalue weighted by molar-refractivity contribution is 6.03. The molecule has 0 saturated carbocycles. The van der Waals surface area contributed by atoms with Crippen molar-refractivity contribution in [1.29, 1.82) is 0 Å². The van der Waals surface area contributed by atoms with Crippen LogP contribution in [-0.4, -0.2) is 0 Å². The van der Waals surface area contributed by atoms with Gasteiger partial charge in [0.05, 0.1) is 0 Å². The summed E-state index contributed by atoms with van der Waals surface area (Å²) in [5.41, 5.74) is 23.3. The zero-order chi connectivity index (χ0) is 52.7. The summed E-state index contributed by atoms with van der Waals surface area (Å²) in [5, 5.41) is 5.17. The third-order valence-corrected chi connectivity index (χ3v) is 16.8. The fraction of sp³-hybridized carbons (Fsp3) is 0.306. The second kappa shape index (κ2) is 16.8. The van der Waals surface area contributed by atoms with Gasteiger partial charge in [-0.1, -0.05) is 196 Å². The van der Waals surface area contributed by atoms with Crippen LogP contribution in [-0.2, 0) is 32.5 Å². The fourth-order valence-electron chi connectivity index (χ4n) is 12.4. The quantitative estimate of drug-likeness (QED) is 0.164. The molecule has 0 atom stereocenters. The summed E-state index contributed by atoms with van der Waals surface area (Å²) in [7, 11) is 0. The van der Waals surface area contributed by atoms with Crippen LogP contribution in [0.25, 0.3) is 43.8 Å². The summed E-state index contributed by atoms with van der Waals surface area (Å²) in [6.45, 7) is 37.2. The van der Waals surface area contributed by atoms with Crippen molar-refractivity contribution in [2.75, 3.05) is 9.80 Å². The lowest BCUT2D eigenvalue weighted by Crippen LogP contribution is -2.17. The van der Waals surface area contributed by atoms with Gasteiger partial charge in [0.25, 0.3) is 0 Å². The summed E-state index contributed by atoms with van der Waals surface area (Å²) in [4.78, 5) is 4.85. The molecule has 0 aromatic heterocycles. The van der Waals surface area contributed by atoms with Crippen LogP contribution in [0.2, 0.25) is 0 Å². The van der Waals surface area contributed by atoms with Crippen molar-refractivity contribution in [3.8, 4) is 22.3 Å². The van der Waals surface area contributed by atoms with Gasteiger partial charge in [0.15, 0.2) is 0 Å². The molecule has 0 heterocycles. The van der Waals surface area contributed by atoms with Gasteiger partial charge in [-0.15, -0.1) is 0 Å². The van der Waals surface area contributed by atoms with Crippen molar-refractivity contribution in [2.24, 2.45) is 0 Å². The Morgan fingerprint density at radius 3 is 0.784 bits per heavy atom. The minimum absolute atomic E-state index is 0.0770. The Hall–Kier alpha value is -6.90. The molecule has 0 bridgehead atoms. The monoisotopic (exact) mass is 969 g/mol. The van der Waals surface area contributed by atoms with E-state index in [4.69, 9.17) is 0 Å². The van der Waals surface area contributed by atoms with Crippen LogP contribution in [0.15, 0.2) is 170 Å². The predicted molar refractivity (Wildman–Crippen MR) is 321 cm³/mol. The summed E-state index contributed by atoms with van der Waals surface area (Å²) in [6.07, 6.45) is 0. The number of nitrogens with zero attached hydrogens (tertiary/aromatic N) is 2. The SMILES string of the molecule is CC(C)(C)c1ccc(N(c2ccc(C(C)(C)C)cc2)c2ccc3c4c(ccc3c2)-c2cc3c(cc2C4(C)C)-c2ccc4cc(N(c5ccc(C(C)(C)C)cc5)c5ccc(C(C)(C)C)cc5)ccc4c2C3(C)C)cc1. The first-order valence-electron chi connectivity index (χ1n) is 27.1. The number of hydrogen-bond donors (Lipinski definition) is 0. The summed E-state index contributed by atoms with van der Waals surface area (Å²) in [6, 6.07) is 65.7. The van der Waals surface area contributed by atoms with Crippen LogP contribution in [0.3, 0.4) is 0 Å². The van der Waals surface area contributed by atoms with E-state index in [9.17, 15) is 0 Å². The van der Waals surface area contributed by atoms with Gasteiger partial charge in [0.2, 0.25) is 0 Å². The lowest BCUT2D eigenvalue weighted by Gasteiger charge is -2.29. The van der Waals surface area contributed by atoms with Crippen molar-refractivity contribution < 1.29 is 0 Å². The molecule has 9 aromatic carbocycles. The van der Waals surface area contributed by atoms with E-state index in [1.54, 1.807) is 0 Å². The Bertz CT molecular complexity index is 3290. The Kier molecular flexibility index (Phi) is 11.2. The van der Waals surface area contributed by atoms with E-state index in [1.165, 1.54) is 88.3 Å². The fourth-order valence-corrected chi connectivity index (χ4v) is 12.4. The van der Waals surface area contributed by atoms with Crippen molar-refractivity contribution in [3.63, 3.8) is 0 Å². The zero-order valence-corrected chi connectivity index (χ0v) is 47.1. The highest BCUT2D eigenvalue weighted by atomic mass is 15.1. The van der Waals surface area contributed by atoms with Crippen molar-refractivity contribution in [2.45, 2.75) is 143 Å². The molecule has 374 valence electrons. The molecular weight excluding hydrogens is 893 g/mol. The van der Waals surface area contributed by atoms with Gasteiger partial charge in [-0.3, -0.25) is 0 Å². The molecule has 2 heteroatoms. The first-order valence-corrected chi connectivity index (χ1v) is 27.1. The van der Waals surface area contributed by atoms with Crippen LogP contribution >= 0.6 is 0 Å². The molecule has 2 aliphatic rings. The van der Waals surface area contributed by atoms with Gasteiger partial charge in [-0.2, -0.15) is 0 Å². The Morgan fingerprint density at radius 1 is 0.270 bits per heavy atom. The molecule has 74 heavy (non-hydrogen) atoms. The minimum atomic E-state index is -0.204. The van der Waals surface area contributed by atoms with E-state index in [0.29, 0.717) is 0 Å². The lowest BCUT2D eigenvalue weighted by molar-refractivity contribution is 0.590. The third kappa shape index (κ3) is 8.16. The molecule has 11 rings (SSSR count). The average Bonchev–Trinajstić information content (AvgIpc) is 3.72. The van der Waals surface area contributed by atoms with Gasteiger partial charge in [-0.05, 0) is 195 Å². The molecule has 2 aliphatic carbocycles. The zero-order valence-electron chi connectivity index (χ0n) is 47.1. The van der Waals surface area contributed by atoms with Crippen molar-refractivity contribution in [1.82, 2.24) is 0 Å². The standard InChI is InChI=1S/C72H76N2/c1-67(2,3)47-19-27-51(28-20-47)73(52-29-21-48(22-30-52)68(4,5)6)55-35-39-57-45(41-55)17-37-59-61-43-64-62(44-63(61)71(13,14)65(57)59)60-38-18-46-42-56(36-40-58(46)66(60)72(64,15)16)74(53-31-23-49(24-32-53)69(7,8)9)54-33-25-50(26-34-54)70(10,11)12/h17-44H,1-16H3. The van der Waals surface area contributed by atoms with Crippen LogP contribution in [0.1, 0.15) is 155 Å². The van der Waals surface area contributed by atoms with E-state index in [0.717, 1.165) is 34.1 Å². The van der Waals surface area contributed by atoms with Crippen LogP contribution in [0.5, 0.6) is 0 Å².